The lowest BCUT2D eigenvalue weighted by Gasteiger charge is -2.27. The second kappa shape index (κ2) is 7.38. The molecule has 0 aliphatic heterocycles. The van der Waals surface area contributed by atoms with E-state index in [0.717, 1.165) is 41.3 Å². The number of hydrogen-bond donors (Lipinski definition) is 3. The molecule has 23 heavy (non-hydrogen) atoms. The van der Waals surface area contributed by atoms with Crippen LogP contribution in [0.4, 0.5) is 11.8 Å². The molecule has 7 heteroatoms. The lowest BCUT2D eigenvalue weighted by molar-refractivity contribution is 0.124. The zero-order valence-electron chi connectivity index (χ0n) is 12.6. The van der Waals surface area contributed by atoms with Gasteiger partial charge in [0.2, 0.25) is 5.95 Å². The van der Waals surface area contributed by atoms with Crippen LogP contribution in [0.1, 0.15) is 25.7 Å². The number of rotatable bonds is 4. The summed E-state index contributed by atoms with van der Waals surface area (Å²) in [6.45, 7) is 0. The van der Waals surface area contributed by atoms with E-state index >= 15 is 0 Å². The van der Waals surface area contributed by atoms with Crippen LogP contribution in [0.3, 0.4) is 0 Å². The maximum Gasteiger partial charge on any atom is 0.221 e. The summed E-state index contributed by atoms with van der Waals surface area (Å²) in [6.07, 6.45) is 5.12. The van der Waals surface area contributed by atoms with Gasteiger partial charge in [0.1, 0.15) is 5.82 Å². The highest BCUT2D eigenvalue weighted by atomic mass is 35.5. The molecule has 5 nitrogen and oxygen atoms in total. The van der Waals surface area contributed by atoms with Gasteiger partial charge in [-0.2, -0.15) is 4.98 Å². The van der Waals surface area contributed by atoms with Gasteiger partial charge < -0.3 is 16.2 Å². The Balaban J connectivity index is 1.78. The Morgan fingerprint density at radius 3 is 2.78 bits per heavy atom. The molecule has 0 spiro atoms. The molecular formula is C16H19ClN4OS. The van der Waals surface area contributed by atoms with Gasteiger partial charge in [0, 0.05) is 22.2 Å². The first-order chi connectivity index (χ1) is 11.1. The zero-order chi connectivity index (χ0) is 16.2. The van der Waals surface area contributed by atoms with Gasteiger partial charge >= 0.3 is 0 Å². The Kier molecular flexibility index (Phi) is 5.25. The van der Waals surface area contributed by atoms with E-state index in [1.165, 1.54) is 0 Å². The third-order valence-electron chi connectivity index (χ3n) is 3.80. The summed E-state index contributed by atoms with van der Waals surface area (Å²) in [7, 11) is 0. The van der Waals surface area contributed by atoms with E-state index in [4.69, 9.17) is 17.3 Å². The molecule has 122 valence electrons. The van der Waals surface area contributed by atoms with Crippen LogP contribution in [-0.2, 0) is 0 Å². The van der Waals surface area contributed by atoms with Gasteiger partial charge in [-0.3, -0.25) is 0 Å². The summed E-state index contributed by atoms with van der Waals surface area (Å²) >= 11 is 7.48. The quantitative estimate of drug-likeness (QED) is 0.781. The van der Waals surface area contributed by atoms with Crippen LogP contribution in [0, 0.1) is 0 Å². The fourth-order valence-electron chi connectivity index (χ4n) is 2.68. The molecule has 1 aliphatic carbocycles. The normalized spacial score (nSPS) is 21.1. The SMILES string of the molecule is Nc1ncc(Sc2ccc(Cl)cc2)c(N[C@H]2CCC[C@@H](O)C2)n1. The van der Waals surface area contributed by atoms with Gasteiger partial charge in [-0.25, -0.2) is 4.98 Å². The molecule has 1 aromatic carbocycles. The summed E-state index contributed by atoms with van der Waals surface area (Å²) in [6, 6.07) is 7.83. The number of nitrogens with two attached hydrogens (primary N) is 1. The van der Waals surface area contributed by atoms with Crippen molar-refractivity contribution >= 4 is 35.1 Å². The van der Waals surface area contributed by atoms with Crippen LogP contribution >= 0.6 is 23.4 Å². The largest absolute Gasteiger partial charge is 0.393 e. The molecule has 4 N–H and O–H groups in total. The molecule has 0 unspecified atom stereocenters. The van der Waals surface area contributed by atoms with E-state index in [0.29, 0.717) is 5.02 Å². The number of nitrogen functional groups attached to an aromatic ring is 1. The van der Waals surface area contributed by atoms with Crippen molar-refractivity contribution in [2.75, 3.05) is 11.1 Å². The number of benzene rings is 1. The van der Waals surface area contributed by atoms with Crippen LogP contribution in [0.25, 0.3) is 0 Å². The number of aliphatic hydroxyl groups excluding tert-OH is 1. The van der Waals surface area contributed by atoms with Crippen LogP contribution in [-0.4, -0.2) is 27.2 Å². The van der Waals surface area contributed by atoms with Gasteiger partial charge in [-0.05, 0) is 49.9 Å². The van der Waals surface area contributed by atoms with Crippen LogP contribution in [0.2, 0.25) is 5.02 Å². The minimum Gasteiger partial charge on any atom is -0.393 e. The minimum atomic E-state index is -0.243. The number of aliphatic hydroxyl groups is 1. The lowest BCUT2D eigenvalue weighted by Crippen LogP contribution is -2.30. The third-order valence-corrected chi connectivity index (χ3v) is 5.08. The first-order valence-corrected chi connectivity index (χ1v) is 8.80. The molecule has 2 atom stereocenters. The highest BCUT2D eigenvalue weighted by Gasteiger charge is 2.21. The fraction of sp³-hybridized carbons (Fsp3) is 0.375. The number of halogens is 1. The zero-order valence-corrected chi connectivity index (χ0v) is 14.1. The van der Waals surface area contributed by atoms with E-state index in [-0.39, 0.29) is 18.1 Å². The highest BCUT2D eigenvalue weighted by Crippen LogP contribution is 2.34. The fourth-order valence-corrected chi connectivity index (χ4v) is 3.64. The third kappa shape index (κ3) is 4.50. The predicted octanol–water partition coefficient (Wildman–Crippen LogP) is 3.58. The van der Waals surface area contributed by atoms with Crippen molar-refractivity contribution in [1.29, 1.82) is 0 Å². The summed E-state index contributed by atoms with van der Waals surface area (Å²) in [5.41, 5.74) is 5.73. The minimum absolute atomic E-state index is 0.206. The molecule has 0 saturated heterocycles. The Morgan fingerprint density at radius 2 is 2.04 bits per heavy atom. The van der Waals surface area contributed by atoms with Gasteiger partial charge in [-0.15, -0.1) is 0 Å². The molecule has 1 aromatic heterocycles. The second-order valence-corrected chi connectivity index (χ2v) is 7.21. The van der Waals surface area contributed by atoms with Gasteiger partial charge in [-0.1, -0.05) is 23.4 Å². The van der Waals surface area contributed by atoms with Gasteiger partial charge in [0.25, 0.3) is 0 Å². The molecular weight excluding hydrogens is 332 g/mol. The smallest absolute Gasteiger partial charge is 0.221 e. The molecule has 3 rings (SSSR count). The maximum absolute atomic E-state index is 9.83. The predicted molar refractivity (Wildman–Crippen MR) is 93.9 cm³/mol. The molecule has 1 fully saturated rings. The van der Waals surface area contributed by atoms with E-state index in [1.807, 2.05) is 24.3 Å². The Hall–Kier alpha value is -1.50. The molecule has 1 saturated carbocycles. The number of anilines is 2. The average molecular weight is 351 g/mol. The van der Waals surface area contributed by atoms with Crippen molar-refractivity contribution in [3.8, 4) is 0 Å². The molecule has 0 bridgehead atoms. The van der Waals surface area contributed by atoms with Crippen molar-refractivity contribution in [3.63, 3.8) is 0 Å². The van der Waals surface area contributed by atoms with E-state index in [2.05, 4.69) is 15.3 Å². The van der Waals surface area contributed by atoms with Crippen LogP contribution < -0.4 is 11.1 Å². The first-order valence-electron chi connectivity index (χ1n) is 7.60. The van der Waals surface area contributed by atoms with Crippen LogP contribution in [0.15, 0.2) is 40.3 Å². The molecule has 2 aromatic rings. The number of nitrogens with one attached hydrogen (secondary N) is 1. The van der Waals surface area contributed by atoms with Gasteiger partial charge in [0.05, 0.1) is 11.0 Å². The summed E-state index contributed by atoms with van der Waals surface area (Å²) in [5, 5.41) is 13.9. The van der Waals surface area contributed by atoms with Crippen molar-refractivity contribution in [3.05, 3.63) is 35.5 Å². The average Bonchev–Trinajstić information content (AvgIpc) is 2.52. The Morgan fingerprint density at radius 1 is 1.26 bits per heavy atom. The lowest BCUT2D eigenvalue weighted by atomic mass is 9.93. The van der Waals surface area contributed by atoms with Crippen molar-refractivity contribution in [2.45, 2.75) is 47.6 Å². The van der Waals surface area contributed by atoms with Gasteiger partial charge in [0.15, 0.2) is 0 Å². The summed E-state index contributed by atoms with van der Waals surface area (Å²) < 4.78 is 0. The topological polar surface area (TPSA) is 84.1 Å². The number of nitrogens with zero attached hydrogens (tertiary/aromatic N) is 2. The Labute approximate surface area is 144 Å². The van der Waals surface area contributed by atoms with Crippen molar-refractivity contribution < 1.29 is 5.11 Å². The molecule has 0 radical (unpaired) electrons. The molecule has 1 aliphatic rings. The van der Waals surface area contributed by atoms with Crippen molar-refractivity contribution in [2.24, 2.45) is 0 Å². The maximum atomic E-state index is 9.83. The Bertz CT molecular complexity index is 668. The first kappa shape index (κ1) is 16.4. The number of aromatic nitrogens is 2. The monoisotopic (exact) mass is 350 g/mol. The standard InChI is InChI=1S/C16H19ClN4OS/c17-10-4-6-13(7-5-10)23-14-9-19-16(18)21-15(14)20-11-2-1-3-12(22)8-11/h4-7,9,11-12,22H,1-3,8H2,(H3,18,19,20,21)/t11-,12+/m0/s1. The van der Waals surface area contributed by atoms with E-state index < -0.39 is 0 Å². The molecule has 0 amide bonds. The van der Waals surface area contributed by atoms with Crippen LogP contribution in [0.5, 0.6) is 0 Å². The number of hydrogen-bond acceptors (Lipinski definition) is 6. The van der Waals surface area contributed by atoms with E-state index in [9.17, 15) is 5.11 Å². The van der Waals surface area contributed by atoms with E-state index in [1.54, 1.807) is 18.0 Å². The summed E-state index contributed by atoms with van der Waals surface area (Å²) in [5.74, 6) is 0.959. The second-order valence-electron chi connectivity index (χ2n) is 5.66. The van der Waals surface area contributed by atoms with Crippen molar-refractivity contribution in [1.82, 2.24) is 9.97 Å². The summed E-state index contributed by atoms with van der Waals surface area (Å²) in [4.78, 5) is 10.4. The highest BCUT2D eigenvalue weighted by molar-refractivity contribution is 7.99. The molecule has 1 heterocycles.